The minimum atomic E-state index is -0.317. The van der Waals surface area contributed by atoms with Gasteiger partial charge in [-0.3, -0.25) is 0 Å². The lowest BCUT2D eigenvalue weighted by molar-refractivity contribution is 0.291. The second-order valence-electron chi connectivity index (χ2n) is 3.39. The zero-order chi connectivity index (χ0) is 13.0. The number of ether oxygens (including phenoxy) is 2. The van der Waals surface area contributed by atoms with E-state index in [1.807, 2.05) is 0 Å². The van der Waals surface area contributed by atoms with Crippen molar-refractivity contribution in [3.05, 3.63) is 47.1 Å². The van der Waals surface area contributed by atoms with Crippen LogP contribution >= 0.6 is 11.6 Å². The molecule has 4 nitrogen and oxygen atoms in total. The third-order valence-electron chi connectivity index (χ3n) is 2.11. The van der Waals surface area contributed by atoms with Crippen LogP contribution in [0.3, 0.4) is 0 Å². The molecular weight excluding hydrogens is 259 g/mol. The molecule has 0 bridgehead atoms. The molecule has 2 aromatic rings. The van der Waals surface area contributed by atoms with Crippen LogP contribution in [0.4, 0.5) is 4.39 Å². The van der Waals surface area contributed by atoms with E-state index in [2.05, 4.69) is 9.97 Å². The van der Waals surface area contributed by atoms with Gasteiger partial charge in [-0.05, 0) is 24.3 Å². The van der Waals surface area contributed by atoms with E-state index in [9.17, 15) is 4.39 Å². The Kier molecular flexibility index (Phi) is 3.94. The van der Waals surface area contributed by atoms with Gasteiger partial charge in [0.1, 0.15) is 23.3 Å². The van der Waals surface area contributed by atoms with E-state index in [0.29, 0.717) is 17.5 Å². The van der Waals surface area contributed by atoms with Crippen molar-refractivity contribution in [3.8, 4) is 11.6 Å². The van der Waals surface area contributed by atoms with Gasteiger partial charge < -0.3 is 9.47 Å². The van der Waals surface area contributed by atoms with E-state index in [-0.39, 0.29) is 17.6 Å². The van der Waals surface area contributed by atoms with Crippen molar-refractivity contribution in [3.63, 3.8) is 0 Å². The molecule has 0 radical (unpaired) electrons. The Bertz CT molecular complexity index is 534. The van der Waals surface area contributed by atoms with Gasteiger partial charge in [-0.2, -0.15) is 4.98 Å². The molecule has 6 heteroatoms. The molecular formula is C12H10ClFN2O2. The molecule has 1 aromatic heterocycles. The highest BCUT2D eigenvalue weighted by molar-refractivity contribution is 6.29. The van der Waals surface area contributed by atoms with E-state index in [1.54, 1.807) is 0 Å². The van der Waals surface area contributed by atoms with Gasteiger partial charge in [-0.1, -0.05) is 11.6 Å². The van der Waals surface area contributed by atoms with E-state index < -0.39 is 0 Å². The number of halogens is 2. The summed E-state index contributed by atoms with van der Waals surface area (Å²) in [6.45, 7) is 0.128. The summed E-state index contributed by atoms with van der Waals surface area (Å²) in [7, 11) is 1.49. The molecule has 0 saturated carbocycles. The predicted octanol–water partition coefficient (Wildman–Crippen LogP) is 2.86. The predicted molar refractivity (Wildman–Crippen MR) is 64.3 cm³/mol. The molecule has 0 N–H and O–H groups in total. The number of hydrogen-bond donors (Lipinski definition) is 0. The van der Waals surface area contributed by atoms with Gasteiger partial charge in [0.2, 0.25) is 5.88 Å². The number of benzene rings is 1. The van der Waals surface area contributed by atoms with E-state index >= 15 is 0 Å². The fourth-order valence-corrected chi connectivity index (χ4v) is 1.48. The van der Waals surface area contributed by atoms with Crippen molar-refractivity contribution in [2.75, 3.05) is 7.11 Å². The lowest BCUT2D eigenvalue weighted by Crippen LogP contribution is -2.03. The van der Waals surface area contributed by atoms with Gasteiger partial charge in [0, 0.05) is 6.07 Å². The first kappa shape index (κ1) is 12.6. The summed E-state index contributed by atoms with van der Waals surface area (Å²) in [6.07, 6.45) is 0. The second-order valence-corrected chi connectivity index (χ2v) is 3.78. The average molecular weight is 269 g/mol. The fraction of sp³-hybridized carbons (Fsp3) is 0.167. The summed E-state index contributed by atoms with van der Waals surface area (Å²) in [5, 5.41) is 0.277. The molecule has 0 unspecified atom stereocenters. The molecule has 1 heterocycles. The normalized spacial score (nSPS) is 10.2. The van der Waals surface area contributed by atoms with E-state index in [1.165, 1.54) is 37.4 Å². The first-order valence-corrected chi connectivity index (χ1v) is 5.51. The monoisotopic (exact) mass is 268 g/mol. The summed E-state index contributed by atoms with van der Waals surface area (Å²) in [5.41, 5.74) is 0. The van der Waals surface area contributed by atoms with Gasteiger partial charge in [0.05, 0.1) is 7.11 Å². The van der Waals surface area contributed by atoms with Crippen LogP contribution in [0.1, 0.15) is 5.82 Å². The summed E-state index contributed by atoms with van der Waals surface area (Å²) in [4.78, 5) is 8.06. The molecule has 0 aliphatic carbocycles. The minimum absolute atomic E-state index is 0.128. The summed E-state index contributed by atoms with van der Waals surface area (Å²) in [5.74, 6) is 0.971. The maximum atomic E-state index is 12.7. The Morgan fingerprint density at radius 3 is 2.61 bits per heavy atom. The molecule has 1 aromatic carbocycles. The summed E-state index contributed by atoms with van der Waals surface area (Å²) in [6, 6.07) is 7.18. The molecule has 0 aliphatic heterocycles. The Balaban J connectivity index is 2.05. The van der Waals surface area contributed by atoms with Gasteiger partial charge >= 0.3 is 0 Å². The van der Waals surface area contributed by atoms with Crippen LogP contribution in [0.5, 0.6) is 11.6 Å². The number of nitrogens with zero attached hydrogens (tertiary/aromatic N) is 2. The van der Waals surface area contributed by atoms with Crippen LogP contribution in [0.2, 0.25) is 5.15 Å². The van der Waals surface area contributed by atoms with Crippen LogP contribution in [0.15, 0.2) is 30.3 Å². The van der Waals surface area contributed by atoms with Crippen LogP contribution in [-0.4, -0.2) is 17.1 Å². The smallest absolute Gasteiger partial charge is 0.217 e. The number of methoxy groups -OCH3 is 1. The second kappa shape index (κ2) is 5.64. The van der Waals surface area contributed by atoms with Crippen molar-refractivity contribution in [2.24, 2.45) is 0 Å². The summed E-state index contributed by atoms with van der Waals surface area (Å²) < 4.78 is 23.0. The Morgan fingerprint density at radius 2 is 1.94 bits per heavy atom. The highest BCUT2D eigenvalue weighted by Gasteiger charge is 2.04. The zero-order valence-corrected chi connectivity index (χ0v) is 10.3. The number of rotatable bonds is 4. The van der Waals surface area contributed by atoms with Crippen LogP contribution in [-0.2, 0) is 6.61 Å². The molecule has 2 rings (SSSR count). The van der Waals surface area contributed by atoms with Crippen molar-refractivity contribution in [1.82, 2.24) is 9.97 Å². The Morgan fingerprint density at radius 1 is 1.22 bits per heavy atom. The van der Waals surface area contributed by atoms with Crippen LogP contribution in [0, 0.1) is 5.82 Å². The fourth-order valence-electron chi connectivity index (χ4n) is 1.29. The van der Waals surface area contributed by atoms with Gasteiger partial charge in [-0.25, -0.2) is 9.37 Å². The van der Waals surface area contributed by atoms with E-state index in [0.717, 1.165) is 0 Å². The van der Waals surface area contributed by atoms with E-state index in [4.69, 9.17) is 21.1 Å². The molecule has 0 fully saturated rings. The zero-order valence-electron chi connectivity index (χ0n) is 9.56. The third-order valence-corrected chi connectivity index (χ3v) is 2.30. The topological polar surface area (TPSA) is 44.2 Å². The molecule has 18 heavy (non-hydrogen) atoms. The number of aromatic nitrogens is 2. The van der Waals surface area contributed by atoms with Crippen molar-refractivity contribution >= 4 is 11.6 Å². The molecule has 0 atom stereocenters. The maximum Gasteiger partial charge on any atom is 0.217 e. The standard InChI is InChI=1S/C12H10ClFN2O2/c1-17-12-6-10(13)15-11(16-12)7-18-9-4-2-8(14)3-5-9/h2-6H,7H2,1H3. The summed E-state index contributed by atoms with van der Waals surface area (Å²) >= 11 is 5.80. The lowest BCUT2D eigenvalue weighted by Gasteiger charge is -2.06. The average Bonchev–Trinajstić information content (AvgIpc) is 2.37. The largest absolute Gasteiger partial charge is 0.486 e. The quantitative estimate of drug-likeness (QED) is 0.800. The number of hydrogen-bond acceptors (Lipinski definition) is 4. The molecule has 94 valence electrons. The maximum absolute atomic E-state index is 12.7. The van der Waals surface area contributed by atoms with Gasteiger partial charge in [0.25, 0.3) is 0 Å². The first-order valence-electron chi connectivity index (χ1n) is 5.13. The first-order chi connectivity index (χ1) is 8.67. The third kappa shape index (κ3) is 3.30. The minimum Gasteiger partial charge on any atom is -0.486 e. The van der Waals surface area contributed by atoms with Gasteiger partial charge in [-0.15, -0.1) is 0 Å². The van der Waals surface area contributed by atoms with Crippen molar-refractivity contribution in [1.29, 1.82) is 0 Å². The molecule has 0 aliphatic rings. The molecule has 0 saturated heterocycles. The van der Waals surface area contributed by atoms with Gasteiger partial charge in [0.15, 0.2) is 5.82 Å². The lowest BCUT2D eigenvalue weighted by atomic mass is 10.3. The van der Waals surface area contributed by atoms with Crippen molar-refractivity contribution in [2.45, 2.75) is 6.61 Å². The Labute approximate surface area is 108 Å². The SMILES string of the molecule is COc1cc(Cl)nc(COc2ccc(F)cc2)n1. The highest BCUT2D eigenvalue weighted by Crippen LogP contribution is 2.16. The molecule has 0 amide bonds. The Hall–Kier alpha value is -1.88. The van der Waals surface area contributed by atoms with Crippen LogP contribution in [0.25, 0.3) is 0 Å². The van der Waals surface area contributed by atoms with Crippen molar-refractivity contribution < 1.29 is 13.9 Å². The van der Waals surface area contributed by atoms with Crippen LogP contribution < -0.4 is 9.47 Å². The highest BCUT2D eigenvalue weighted by atomic mass is 35.5. The molecule has 0 spiro atoms.